The van der Waals surface area contributed by atoms with Gasteiger partial charge in [-0.15, -0.1) is 0 Å². The quantitative estimate of drug-likeness (QED) is 0.622. The largest absolute Gasteiger partial charge is 0.454 e. The number of ether oxygens (including phenoxy) is 2. The summed E-state index contributed by atoms with van der Waals surface area (Å²) in [4.78, 5) is 27.5. The molecule has 2 N–H and O–H groups in total. The molecule has 1 fully saturated rings. The molecule has 0 bridgehead atoms. The Labute approximate surface area is 191 Å². The highest BCUT2D eigenvalue weighted by atomic mass is 16.7. The summed E-state index contributed by atoms with van der Waals surface area (Å²) in [5, 5.41) is 8.47. The zero-order chi connectivity index (χ0) is 22.4. The summed E-state index contributed by atoms with van der Waals surface area (Å²) in [5.41, 5.74) is 4.25. The molecule has 3 amide bonds. The van der Waals surface area contributed by atoms with Crippen molar-refractivity contribution in [1.82, 2.24) is 4.90 Å². The predicted molar refractivity (Wildman–Crippen MR) is 126 cm³/mol. The van der Waals surface area contributed by atoms with E-state index in [0.29, 0.717) is 43.1 Å². The van der Waals surface area contributed by atoms with Crippen LogP contribution in [-0.2, 0) is 17.6 Å². The van der Waals surface area contributed by atoms with Crippen LogP contribution in [0.1, 0.15) is 24.0 Å². The first-order valence-corrected chi connectivity index (χ1v) is 11.5. The molecule has 7 heteroatoms. The third-order valence-corrected chi connectivity index (χ3v) is 6.91. The van der Waals surface area contributed by atoms with E-state index in [1.165, 1.54) is 16.5 Å². The van der Waals surface area contributed by atoms with Gasteiger partial charge >= 0.3 is 6.03 Å². The van der Waals surface area contributed by atoms with E-state index >= 15 is 0 Å². The fourth-order valence-electron chi connectivity index (χ4n) is 5.11. The molecule has 0 unspecified atom stereocenters. The Morgan fingerprint density at radius 1 is 0.879 bits per heavy atom. The number of hydrogen-bond acceptors (Lipinski definition) is 4. The number of piperidine rings is 1. The zero-order valence-corrected chi connectivity index (χ0v) is 18.2. The molecule has 2 aliphatic heterocycles. The Bertz CT molecular complexity index is 1250. The van der Waals surface area contributed by atoms with Crippen molar-refractivity contribution in [2.45, 2.75) is 25.7 Å². The molecule has 168 valence electrons. The maximum atomic E-state index is 13.0. The van der Waals surface area contributed by atoms with Crippen molar-refractivity contribution in [3.63, 3.8) is 0 Å². The highest BCUT2D eigenvalue weighted by molar-refractivity contribution is 6.04. The van der Waals surface area contributed by atoms with E-state index in [0.717, 1.165) is 23.9 Å². The van der Waals surface area contributed by atoms with Crippen LogP contribution in [0.5, 0.6) is 11.5 Å². The van der Waals surface area contributed by atoms with Gasteiger partial charge in [-0.1, -0.05) is 24.3 Å². The predicted octanol–water partition coefficient (Wildman–Crippen LogP) is 4.55. The van der Waals surface area contributed by atoms with E-state index in [1.54, 1.807) is 17.0 Å². The summed E-state index contributed by atoms with van der Waals surface area (Å²) in [6, 6.07) is 15.7. The molecule has 0 saturated carbocycles. The van der Waals surface area contributed by atoms with Crippen LogP contribution in [0.25, 0.3) is 10.8 Å². The minimum Gasteiger partial charge on any atom is -0.454 e. The first-order chi connectivity index (χ1) is 16.2. The number of nitrogens with one attached hydrogen (secondary N) is 2. The van der Waals surface area contributed by atoms with Crippen molar-refractivity contribution in [3.8, 4) is 11.5 Å². The van der Waals surface area contributed by atoms with Gasteiger partial charge in [0.1, 0.15) is 0 Å². The number of carbonyl (C=O) groups is 2. The molecule has 0 aromatic heterocycles. The highest BCUT2D eigenvalue weighted by Gasteiger charge is 2.28. The number of likely N-dealkylation sites (tertiary alicyclic amines) is 1. The van der Waals surface area contributed by atoms with E-state index in [4.69, 9.17) is 9.47 Å². The van der Waals surface area contributed by atoms with E-state index < -0.39 is 0 Å². The lowest BCUT2D eigenvalue weighted by Crippen LogP contribution is -2.43. The Hall–Kier alpha value is -3.74. The second-order valence-electron chi connectivity index (χ2n) is 8.86. The van der Waals surface area contributed by atoms with E-state index in [-0.39, 0.29) is 24.6 Å². The topological polar surface area (TPSA) is 79.9 Å². The minimum atomic E-state index is -0.128. The van der Waals surface area contributed by atoms with Crippen LogP contribution in [-0.4, -0.2) is 36.7 Å². The maximum Gasteiger partial charge on any atom is 0.321 e. The van der Waals surface area contributed by atoms with Crippen molar-refractivity contribution < 1.29 is 19.1 Å². The summed E-state index contributed by atoms with van der Waals surface area (Å²) in [7, 11) is 0. The van der Waals surface area contributed by atoms with Crippen LogP contribution in [0.3, 0.4) is 0 Å². The minimum absolute atomic E-state index is 0.0265. The van der Waals surface area contributed by atoms with E-state index in [2.05, 4.69) is 34.9 Å². The first kappa shape index (κ1) is 19.9. The van der Waals surface area contributed by atoms with Crippen LogP contribution in [0, 0.1) is 5.92 Å². The number of anilines is 2. The van der Waals surface area contributed by atoms with Gasteiger partial charge in [-0.2, -0.15) is 0 Å². The molecule has 0 spiro atoms. The molecule has 0 radical (unpaired) electrons. The Morgan fingerprint density at radius 3 is 2.52 bits per heavy atom. The van der Waals surface area contributed by atoms with Crippen molar-refractivity contribution in [2.75, 3.05) is 30.5 Å². The standard InChI is InChI=1S/C26H25N3O4/c30-25(27-19-7-9-22-23(14-19)33-15-32-22)18-10-12-29(13-11-18)26(31)28-21-8-6-17-5-4-16-2-1-3-20(21)24(16)17/h1-3,6-9,14,18H,4-5,10-13,15H2,(H,27,30)(H,28,31). The normalized spacial score (nSPS) is 16.8. The van der Waals surface area contributed by atoms with Gasteiger partial charge in [0, 0.05) is 36.1 Å². The molecule has 1 aliphatic carbocycles. The van der Waals surface area contributed by atoms with Gasteiger partial charge in [0.15, 0.2) is 11.5 Å². The monoisotopic (exact) mass is 443 g/mol. The van der Waals surface area contributed by atoms with Crippen molar-refractivity contribution >= 4 is 34.1 Å². The Balaban J connectivity index is 1.07. The van der Waals surface area contributed by atoms with E-state index in [9.17, 15) is 9.59 Å². The number of aryl methyl sites for hydroxylation is 2. The average molecular weight is 444 g/mol. The lowest BCUT2D eigenvalue weighted by atomic mass is 9.96. The zero-order valence-electron chi connectivity index (χ0n) is 18.2. The molecule has 3 aromatic carbocycles. The van der Waals surface area contributed by atoms with Crippen molar-refractivity contribution in [2.24, 2.45) is 5.92 Å². The molecule has 33 heavy (non-hydrogen) atoms. The lowest BCUT2D eigenvalue weighted by molar-refractivity contribution is -0.121. The van der Waals surface area contributed by atoms with Crippen LogP contribution < -0.4 is 20.1 Å². The number of carbonyl (C=O) groups excluding carboxylic acids is 2. The Morgan fingerprint density at radius 2 is 1.67 bits per heavy atom. The summed E-state index contributed by atoms with van der Waals surface area (Å²) in [6.45, 7) is 1.30. The molecule has 2 heterocycles. The number of rotatable bonds is 3. The maximum absolute atomic E-state index is 13.0. The van der Waals surface area contributed by atoms with Gasteiger partial charge in [0.25, 0.3) is 0 Å². The van der Waals surface area contributed by atoms with Crippen LogP contribution in [0.4, 0.5) is 16.2 Å². The van der Waals surface area contributed by atoms with Crippen molar-refractivity contribution in [1.29, 1.82) is 0 Å². The van der Waals surface area contributed by atoms with Crippen LogP contribution in [0.2, 0.25) is 0 Å². The average Bonchev–Trinajstić information content (AvgIpc) is 3.48. The molecule has 3 aliphatic rings. The summed E-state index contributed by atoms with van der Waals surface area (Å²) < 4.78 is 10.7. The number of amides is 3. The third kappa shape index (κ3) is 3.63. The second-order valence-corrected chi connectivity index (χ2v) is 8.86. The van der Waals surface area contributed by atoms with Gasteiger partial charge < -0.3 is 25.0 Å². The van der Waals surface area contributed by atoms with E-state index in [1.807, 2.05) is 12.1 Å². The smallest absolute Gasteiger partial charge is 0.321 e. The number of nitrogens with zero attached hydrogens (tertiary/aromatic N) is 1. The van der Waals surface area contributed by atoms with Crippen LogP contribution in [0.15, 0.2) is 48.5 Å². The molecular weight excluding hydrogens is 418 g/mol. The SMILES string of the molecule is O=C(Nc1ccc2c(c1)OCO2)C1CCN(C(=O)Nc2ccc3c4c(cccc24)CC3)CC1. The molecule has 6 rings (SSSR count). The fourth-order valence-corrected chi connectivity index (χ4v) is 5.11. The number of hydrogen-bond donors (Lipinski definition) is 2. The summed E-state index contributed by atoms with van der Waals surface area (Å²) >= 11 is 0. The Kier molecular flexibility index (Phi) is 4.82. The summed E-state index contributed by atoms with van der Waals surface area (Å²) in [6.07, 6.45) is 3.39. The van der Waals surface area contributed by atoms with Gasteiger partial charge in [-0.25, -0.2) is 4.79 Å². The number of benzene rings is 3. The lowest BCUT2D eigenvalue weighted by Gasteiger charge is -2.31. The van der Waals surface area contributed by atoms with Crippen LogP contribution >= 0.6 is 0 Å². The van der Waals surface area contributed by atoms with Gasteiger partial charge in [0.2, 0.25) is 12.7 Å². The number of fused-ring (bicyclic) bond motifs is 1. The highest BCUT2D eigenvalue weighted by Crippen LogP contribution is 2.36. The summed E-state index contributed by atoms with van der Waals surface area (Å²) in [5.74, 6) is 1.17. The fraction of sp³-hybridized carbons (Fsp3) is 0.308. The molecule has 3 aromatic rings. The molecule has 0 atom stereocenters. The van der Waals surface area contributed by atoms with Crippen molar-refractivity contribution in [3.05, 3.63) is 59.7 Å². The first-order valence-electron chi connectivity index (χ1n) is 11.5. The second kappa shape index (κ2) is 7.99. The van der Waals surface area contributed by atoms with Gasteiger partial charge in [0.05, 0.1) is 5.69 Å². The molecule has 7 nitrogen and oxygen atoms in total. The molecule has 1 saturated heterocycles. The number of urea groups is 1. The van der Waals surface area contributed by atoms with Gasteiger partial charge in [-0.3, -0.25) is 4.79 Å². The van der Waals surface area contributed by atoms with Gasteiger partial charge in [-0.05, 0) is 60.4 Å². The third-order valence-electron chi connectivity index (χ3n) is 6.91. The molecular formula is C26H25N3O4.